The van der Waals surface area contributed by atoms with Gasteiger partial charge in [0.05, 0.1) is 12.5 Å². The number of hydrogen-bond acceptors (Lipinski definition) is 6. The standard InChI is InChI=1S/C25H36N2O6/c1-5-24-11-6-9-16-32-22(31)18(24)17-20(29)26(13-7-8-15-28)19-21(30)27(23(2,3)4)14-10-12-25(17,19)33-24/h6,10-12,17-19,28H,5,7-9,13-16H2,1-4H3/t17-,18+,19?,24-,25-/m0/s1. The molecule has 2 saturated heterocycles. The number of cyclic esters (lactones) is 1. The second kappa shape index (κ2) is 8.55. The number of unbranched alkanes of at least 4 members (excludes halogenated alkanes) is 1. The Balaban J connectivity index is 1.87. The van der Waals surface area contributed by atoms with E-state index in [1.807, 2.05) is 52.0 Å². The van der Waals surface area contributed by atoms with E-state index in [1.54, 1.807) is 9.80 Å². The molecule has 5 atom stereocenters. The highest BCUT2D eigenvalue weighted by atomic mass is 16.6. The molecule has 0 bridgehead atoms. The molecule has 0 aromatic carbocycles. The molecule has 0 aromatic heterocycles. The van der Waals surface area contributed by atoms with Crippen LogP contribution in [0.3, 0.4) is 0 Å². The number of esters is 1. The second-order valence-corrected chi connectivity index (χ2v) is 10.5. The van der Waals surface area contributed by atoms with Gasteiger partial charge in [-0.3, -0.25) is 14.4 Å². The molecule has 0 aromatic rings. The molecule has 4 aliphatic rings. The van der Waals surface area contributed by atoms with Gasteiger partial charge in [0.2, 0.25) is 11.8 Å². The molecule has 0 saturated carbocycles. The zero-order valence-electron chi connectivity index (χ0n) is 20.1. The van der Waals surface area contributed by atoms with Crippen LogP contribution in [0.25, 0.3) is 0 Å². The highest BCUT2D eigenvalue weighted by Crippen LogP contribution is 2.58. The summed E-state index contributed by atoms with van der Waals surface area (Å²) in [6, 6.07) is -0.871. The fraction of sp³-hybridized carbons (Fsp3) is 0.720. The van der Waals surface area contributed by atoms with Gasteiger partial charge in [-0.05, 0) is 46.5 Å². The van der Waals surface area contributed by atoms with Crippen molar-refractivity contribution in [1.29, 1.82) is 0 Å². The summed E-state index contributed by atoms with van der Waals surface area (Å²) < 4.78 is 12.3. The van der Waals surface area contributed by atoms with Gasteiger partial charge in [0.25, 0.3) is 0 Å². The molecule has 8 nitrogen and oxygen atoms in total. The molecule has 182 valence electrons. The molecule has 2 fully saturated rings. The summed E-state index contributed by atoms with van der Waals surface area (Å²) in [7, 11) is 0. The zero-order valence-corrected chi connectivity index (χ0v) is 20.1. The zero-order chi connectivity index (χ0) is 24.0. The summed E-state index contributed by atoms with van der Waals surface area (Å²) in [5.41, 5.74) is -2.71. The Kier molecular flexibility index (Phi) is 6.20. The molecule has 4 rings (SSSR count). The molecule has 0 aliphatic carbocycles. The third-order valence-electron chi connectivity index (χ3n) is 7.52. The van der Waals surface area contributed by atoms with Crippen molar-refractivity contribution in [2.45, 2.75) is 76.2 Å². The first kappa shape index (κ1) is 24.0. The number of carbonyl (C=O) groups excluding carboxylic acids is 3. The molecule has 8 heteroatoms. The maximum absolute atomic E-state index is 14.0. The van der Waals surface area contributed by atoms with E-state index >= 15 is 0 Å². The van der Waals surface area contributed by atoms with Crippen LogP contribution in [0.2, 0.25) is 0 Å². The van der Waals surface area contributed by atoms with Crippen molar-refractivity contribution in [2.75, 3.05) is 26.3 Å². The number of carbonyl (C=O) groups is 3. The third-order valence-corrected chi connectivity index (χ3v) is 7.52. The van der Waals surface area contributed by atoms with Crippen LogP contribution in [-0.2, 0) is 23.9 Å². The van der Waals surface area contributed by atoms with Crippen molar-refractivity contribution in [3.05, 3.63) is 24.3 Å². The van der Waals surface area contributed by atoms with Gasteiger partial charge >= 0.3 is 5.97 Å². The van der Waals surface area contributed by atoms with E-state index in [2.05, 4.69) is 0 Å². The first-order chi connectivity index (χ1) is 15.6. The minimum Gasteiger partial charge on any atom is -0.465 e. The molecule has 0 radical (unpaired) electrons. The Morgan fingerprint density at radius 1 is 1.09 bits per heavy atom. The summed E-state index contributed by atoms with van der Waals surface area (Å²) in [6.45, 7) is 8.84. The summed E-state index contributed by atoms with van der Waals surface area (Å²) in [4.78, 5) is 44.6. The van der Waals surface area contributed by atoms with Crippen LogP contribution in [0.4, 0.5) is 0 Å². The number of ether oxygens (including phenoxy) is 2. The highest BCUT2D eigenvalue weighted by molar-refractivity contribution is 5.99. The fourth-order valence-corrected chi connectivity index (χ4v) is 5.97. The Bertz CT molecular complexity index is 877. The molecular weight excluding hydrogens is 424 g/mol. The topological polar surface area (TPSA) is 96.4 Å². The van der Waals surface area contributed by atoms with Gasteiger partial charge in [0.15, 0.2) is 0 Å². The largest absolute Gasteiger partial charge is 0.465 e. The van der Waals surface area contributed by atoms with E-state index in [-0.39, 0.29) is 25.0 Å². The van der Waals surface area contributed by atoms with Gasteiger partial charge < -0.3 is 24.4 Å². The second-order valence-electron chi connectivity index (χ2n) is 10.5. The maximum Gasteiger partial charge on any atom is 0.313 e. The van der Waals surface area contributed by atoms with E-state index in [1.165, 1.54) is 0 Å². The lowest BCUT2D eigenvalue weighted by molar-refractivity contribution is -0.162. The molecule has 1 N–H and O–H groups in total. The Hall–Kier alpha value is -2.19. The van der Waals surface area contributed by atoms with Gasteiger partial charge in [-0.25, -0.2) is 0 Å². The number of aliphatic hydroxyl groups is 1. The normalized spacial score (nSPS) is 36.2. The van der Waals surface area contributed by atoms with Crippen molar-refractivity contribution in [2.24, 2.45) is 11.8 Å². The first-order valence-corrected chi connectivity index (χ1v) is 12.1. The average Bonchev–Trinajstić information content (AvgIpc) is 3.08. The molecule has 4 aliphatic heterocycles. The van der Waals surface area contributed by atoms with E-state index < -0.39 is 40.6 Å². The minimum atomic E-state index is -1.25. The van der Waals surface area contributed by atoms with Gasteiger partial charge in [-0.1, -0.05) is 31.2 Å². The van der Waals surface area contributed by atoms with E-state index in [4.69, 9.17) is 9.47 Å². The van der Waals surface area contributed by atoms with Crippen LogP contribution in [0.5, 0.6) is 0 Å². The van der Waals surface area contributed by atoms with E-state index in [0.29, 0.717) is 38.8 Å². The van der Waals surface area contributed by atoms with Crippen LogP contribution in [-0.4, -0.2) is 81.8 Å². The Labute approximate surface area is 195 Å². The summed E-state index contributed by atoms with van der Waals surface area (Å²) in [6.07, 6.45) is 9.77. The maximum atomic E-state index is 14.0. The Morgan fingerprint density at radius 2 is 1.85 bits per heavy atom. The smallest absolute Gasteiger partial charge is 0.313 e. The van der Waals surface area contributed by atoms with Crippen LogP contribution < -0.4 is 0 Å². The molecule has 2 amide bonds. The van der Waals surface area contributed by atoms with Crippen LogP contribution in [0, 0.1) is 11.8 Å². The van der Waals surface area contributed by atoms with Gasteiger partial charge in [0, 0.05) is 25.2 Å². The molecule has 1 spiro atoms. The predicted octanol–water partition coefficient (Wildman–Crippen LogP) is 1.82. The van der Waals surface area contributed by atoms with Gasteiger partial charge in [-0.15, -0.1) is 0 Å². The number of hydrogen-bond donors (Lipinski definition) is 1. The predicted molar refractivity (Wildman–Crippen MR) is 121 cm³/mol. The number of amides is 2. The minimum absolute atomic E-state index is 0.0123. The molecule has 1 unspecified atom stereocenters. The third kappa shape index (κ3) is 3.62. The number of rotatable bonds is 5. The first-order valence-electron chi connectivity index (χ1n) is 12.1. The number of nitrogens with zero attached hydrogens (tertiary/aromatic N) is 2. The SMILES string of the molecule is CC[C@]12C=CCCOC(=O)[C@H]1[C@H]1C(=O)N(CCCCO)C3C(=O)N(C(C)(C)C)CC=C[C@@]31O2. The number of fused-ring (bicyclic) bond motifs is 2. The average molecular weight is 461 g/mol. The van der Waals surface area contributed by atoms with Crippen LogP contribution in [0.15, 0.2) is 24.3 Å². The van der Waals surface area contributed by atoms with E-state index in [0.717, 1.165) is 0 Å². The molecule has 33 heavy (non-hydrogen) atoms. The summed E-state index contributed by atoms with van der Waals surface area (Å²) >= 11 is 0. The van der Waals surface area contributed by atoms with Gasteiger partial charge in [-0.2, -0.15) is 0 Å². The monoisotopic (exact) mass is 460 g/mol. The van der Waals surface area contributed by atoms with Crippen LogP contribution >= 0.6 is 0 Å². The Morgan fingerprint density at radius 3 is 2.52 bits per heavy atom. The molecule has 4 heterocycles. The van der Waals surface area contributed by atoms with Gasteiger partial charge in [0.1, 0.15) is 23.2 Å². The molecular formula is C25H36N2O6. The summed E-state index contributed by atoms with van der Waals surface area (Å²) in [5.74, 6) is -2.53. The lowest BCUT2D eigenvalue weighted by Gasteiger charge is -2.41. The van der Waals surface area contributed by atoms with E-state index in [9.17, 15) is 19.5 Å². The number of likely N-dealkylation sites (tertiary alicyclic amines) is 1. The van der Waals surface area contributed by atoms with Crippen LogP contribution in [0.1, 0.15) is 53.4 Å². The lowest BCUT2D eigenvalue weighted by atomic mass is 9.73. The van der Waals surface area contributed by atoms with Crippen molar-refractivity contribution in [1.82, 2.24) is 9.80 Å². The van der Waals surface area contributed by atoms with Crippen molar-refractivity contribution in [3.8, 4) is 0 Å². The quantitative estimate of drug-likeness (QED) is 0.382. The van der Waals surface area contributed by atoms with Crippen molar-refractivity contribution < 1.29 is 29.0 Å². The lowest BCUT2D eigenvalue weighted by Crippen LogP contribution is -2.59. The number of aliphatic hydroxyl groups excluding tert-OH is 1. The highest BCUT2D eigenvalue weighted by Gasteiger charge is 2.75. The van der Waals surface area contributed by atoms with Crippen molar-refractivity contribution in [3.63, 3.8) is 0 Å². The summed E-state index contributed by atoms with van der Waals surface area (Å²) in [5, 5.41) is 9.27. The fourth-order valence-electron chi connectivity index (χ4n) is 5.97. The van der Waals surface area contributed by atoms with Crippen molar-refractivity contribution >= 4 is 17.8 Å².